The van der Waals surface area contributed by atoms with Gasteiger partial charge in [-0.15, -0.1) is 0 Å². The van der Waals surface area contributed by atoms with Crippen LogP contribution in [-0.2, 0) is 22.5 Å². The molecule has 1 aromatic carbocycles. The van der Waals surface area contributed by atoms with E-state index in [4.69, 9.17) is 10.5 Å². The zero-order valence-corrected chi connectivity index (χ0v) is 13.8. The summed E-state index contributed by atoms with van der Waals surface area (Å²) in [7, 11) is 0. The Hall–Kier alpha value is -2.04. The molecule has 0 amide bonds. The van der Waals surface area contributed by atoms with E-state index < -0.39 is 0 Å². The summed E-state index contributed by atoms with van der Waals surface area (Å²) in [6.07, 6.45) is 0.797. The van der Waals surface area contributed by atoms with Crippen molar-refractivity contribution in [3.8, 4) is 0 Å². The summed E-state index contributed by atoms with van der Waals surface area (Å²) < 4.78 is 7.22. The normalized spacial score (nSPS) is 11.5. The first kappa shape index (κ1) is 16.3. The van der Waals surface area contributed by atoms with Gasteiger partial charge in [-0.1, -0.05) is 33.8 Å². The van der Waals surface area contributed by atoms with Gasteiger partial charge >= 0.3 is 5.97 Å². The molecule has 5 nitrogen and oxygen atoms in total. The van der Waals surface area contributed by atoms with Gasteiger partial charge in [-0.25, -0.2) is 4.98 Å². The first-order valence-corrected chi connectivity index (χ1v) is 7.77. The number of hydrogen-bond acceptors (Lipinski definition) is 4. The molecule has 22 heavy (non-hydrogen) atoms. The van der Waals surface area contributed by atoms with Crippen LogP contribution in [0.25, 0.3) is 11.0 Å². The standard InChI is InChI=1S/C17H25N3O2/c1-11(2)8-15-19-17-13(18)6-5-7-14(17)20(15)9-16(21)22-10-12(3)4/h5-7,11-12H,8-10,18H2,1-4H3. The Bertz CT molecular complexity index is 659. The summed E-state index contributed by atoms with van der Waals surface area (Å²) in [4.78, 5) is 16.7. The molecular weight excluding hydrogens is 278 g/mol. The predicted octanol–water partition coefficient (Wildman–Crippen LogP) is 3.02. The number of para-hydroxylation sites is 1. The molecule has 2 aromatic rings. The van der Waals surface area contributed by atoms with Crippen molar-refractivity contribution in [3.05, 3.63) is 24.0 Å². The van der Waals surface area contributed by atoms with Crippen LogP contribution < -0.4 is 5.73 Å². The van der Waals surface area contributed by atoms with E-state index in [1.807, 2.05) is 36.6 Å². The molecule has 0 radical (unpaired) electrons. The van der Waals surface area contributed by atoms with Crippen molar-refractivity contribution >= 4 is 22.7 Å². The molecule has 1 aromatic heterocycles. The van der Waals surface area contributed by atoms with E-state index >= 15 is 0 Å². The third-order valence-corrected chi connectivity index (χ3v) is 3.34. The van der Waals surface area contributed by atoms with Gasteiger partial charge < -0.3 is 15.0 Å². The van der Waals surface area contributed by atoms with Crippen molar-refractivity contribution in [1.29, 1.82) is 0 Å². The van der Waals surface area contributed by atoms with Crippen LogP contribution in [0.4, 0.5) is 5.69 Å². The van der Waals surface area contributed by atoms with Gasteiger partial charge in [0.05, 0.1) is 17.8 Å². The van der Waals surface area contributed by atoms with E-state index in [-0.39, 0.29) is 12.5 Å². The molecule has 0 bridgehead atoms. The highest BCUT2D eigenvalue weighted by molar-refractivity contribution is 5.88. The van der Waals surface area contributed by atoms with Gasteiger partial charge in [0.1, 0.15) is 17.9 Å². The van der Waals surface area contributed by atoms with Crippen molar-refractivity contribution in [2.75, 3.05) is 12.3 Å². The molecule has 0 aliphatic heterocycles. The van der Waals surface area contributed by atoms with Crippen LogP contribution in [0.2, 0.25) is 0 Å². The molecule has 5 heteroatoms. The molecule has 0 saturated carbocycles. The first-order chi connectivity index (χ1) is 10.4. The summed E-state index contributed by atoms with van der Waals surface area (Å²) >= 11 is 0. The average Bonchev–Trinajstić information content (AvgIpc) is 2.76. The molecular formula is C17H25N3O2. The molecule has 1 heterocycles. The fourth-order valence-electron chi connectivity index (χ4n) is 2.35. The number of imidazole rings is 1. The van der Waals surface area contributed by atoms with Crippen LogP contribution >= 0.6 is 0 Å². The maximum atomic E-state index is 12.1. The van der Waals surface area contributed by atoms with Crippen LogP contribution in [0.15, 0.2) is 18.2 Å². The van der Waals surface area contributed by atoms with Crippen molar-refractivity contribution < 1.29 is 9.53 Å². The number of fused-ring (bicyclic) bond motifs is 1. The lowest BCUT2D eigenvalue weighted by Crippen LogP contribution is -2.18. The highest BCUT2D eigenvalue weighted by Crippen LogP contribution is 2.23. The number of ether oxygens (including phenoxy) is 1. The highest BCUT2D eigenvalue weighted by Gasteiger charge is 2.16. The Balaban J connectivity index is 2.33. The minimum Gasteiger partial charge on any atom is -0.464 e. The Morgan fingerprint density at radius 3 is 2.64 bits per heavy atom. The van der Waals surface area contributed by atoms with E-state index in [0.29, 0.717) is 24.1 Å². The van der Waals surface area contributed by atoms with Crippen LogP contribution in [0.1, 0.15) is 33.5 Å². The smallest absolute Gasteiger partial charge is 0.326 e. The number of carbonyl (C=O) groups is 1. The maximum absolute atomic E-state index is 12.1. The Kier molecular flexibility index (Phi) is 5.06. The number of nitrogen functional groups attached to an aromatic ring is 1. The van der Waals surface area contributed by atoms with Gasteiger partial charge in [0, 0.05) is 6.42 Å². The minimum absolute atomic E-state index is 0.175. The number of carbonyl (C=O) groups excluding carboxylic acids is 1. The Morgan fingerprint density at radius 1 is 1.27 bits per heavy atom. The zero-order chi connectivity index (χ0) is 16.3. The second-order valence-electron chi connectivity index (χ2n) is 6.50. The van der Waals surface area contributed by atoms with E-state index in [9.17, 15) is 4.79 Å². The molecule has 0 aliphatic carbocycles. The molecule has 0 unspecified atom stereocenters. The molecule has 0 fully saturated rings. The van der Waals surface area contributed by atoms with E-state index in [2.05, 4.69) is 18.8 Å². The summed E-state index contributed by atoms with van der Waals surface area (Å²) in [5.74, 6) is 1.42. The lowest BCUT2D eigenvalue weighted by molar-refractivity contribution is -0.145. The molecule has 2 N–H and O–H groups in total. The number of aromatic nitrogens is 2. The predicted molar refractivity (Wildman–Crippen MR) is 88.5 cm³/mol. The molecule has 0 atom stereocenters. The summed E-state index contributed by atoms with van der Waals surface area (Å²) in [6, 6.07) is 5.66. The summed E-state index contributed by atoms with van der Waals surface area (Å²) in [6.45, 7) is 8.91. The fourth-order valence-corrected chi connectivity index (χ4v) is 2.35. The van der Waals surface area contributed by atoms with E-state index in [0.717, 1.165) is 23.3 Å². The van der Waals surface area contributed by atoms with Gasteiger partial charge in [-0.05, 0) is 24.0 Å². The van der Waals surface area contributed by atoms with Crippen LogP contribution in [0.3, 0.4) is 0 Å². The molecule has 0 spiro atoms. The summed E-state index contributed by atoms with van der Waals surface area (Å²) in [5.41, 5.74) is 8.29. The third-order valence-electron chi connectivity index (χ3n) is 3.34. The molecule has 2 rings (SSSR count). The lowest BCUT2D eigenvalue weighted by atomic mass is 10.1. The molecule has 0 saturated heterocycles. The van der Waals surface area contributed by atoms with Gasteiger partial charge in [-0.2, -0.15) is 0 Å². The lowest BCUT2D eigenvalue weighted by Gasteiger charge is -2.11. The van der Waals surface area contributed by atoms with Crippen molar-refractivity contribution in [2.24, 2.45) is 11.8 Å². The Morgan fingerprint density at radius 2 is 2.00 bits per heavy atom. The van der Waals surface area contributed by atoms with E-state index in [1.54, 1.807) is 0 Å². The number of benzene rings is 1. The second kappa shape index (κ2) is 6.81. The average molecular weight is 303 g/mol. The van der Waals surface area contributed by atoms with Gasteiger partial charge in [-0.3, -0.25) is 4.79 Å². The largest absolute Gasteiger partial charge is 0.464 e. The number of nitrogens with zero attached hydrogens (tertiary/aromatic N) is 2. The summed E-state index contributed by atoms with van der Waals surface area (Å²) in [5, 5.41) is 0. The minimum atomic E-state index is -0.236. The SMILES string of the molecule is CC(C)COC(=O)Cn1c(CC(C)C)nc2c(N)cccc21. The number of anilines is 1. The van der Waals surface area contributed by atoms with Crippen LogP contribution in [0, 0.1) is 11.8 Å². The Labute approximate surface area is 131 Å². The van der Waals surface area contributed by atoms with E-state index in [1.165, 1.54) is 0 Å². The number of esters is 1. The molecule has 0 aliphatic rings. The van der Waals surface area contributed by atoms with Crippen molar-refractivity contribution in [3.63, 3.8) is 0 Å². The van der Waals surface area contributed by atoms with Gasteiger partial charge in [0.15, 0.2) is 0 Å². The third kappa shape index (κ3) is 3.78. The fraction of sp³-hybridized carbons (Fsp3) is 0.529. The van der Waals surface area contributed by atoms with Gasteiger partial charge in [0.2, 0.25) is 0 Å². The monoisotopic (exact) mass is 303 g/mol. The first-order valence-electron chi connectivity index (χ1n) is 7.77. The van der Waals surface area contributed by atoms with Crippen molar-refractivity contribution in [2.45, 2.75) is 40.7 Å². The van der Waals surface area contributed by atoms with Crippen molar-refractivity contribution in [1.82, 2.24) is 9.55 Å². The highest BCUT2D eigenvalue weighted by atomic mass is 16.5. The second-order valence-corrected chi connectivity index (χ2v) is 6.50. The van der Waals surface area contributed by atoms with Crippen LogP contribution in [0.5, 0.6) is 0 Å². The molecule has 120 valence electrons. The van der Waals surface area contributed by atoms with Crippen LogP contribution in [-0.4, -0.2) is 22.1 Å². The maximum Gasteiger partial charge on any atom is 0.326 e. The quantitative estimate of drug-likeness (QED) is 0.658. The number of rotatable bonds is 6. The number of hydrogen-bond donors (Lipinski definition) is 1. The number of nitrogens with two attached hydrogens (primary N) is 1. The zero-order valence-electron chi connectivity index (χ0n) is 13.8. The topological polar surface area (TPSA) is 70.1 Å². The van der Waals surface area contributed by atoms with Gasteiger partial charge in [0.25, 0.3) is 0 Å².